The van der Waals surface area contributed by atoms with Crippen molar-refractivity contribution in [3.63, 3.8) is 0 Å². The van der Waals surface area contributed by atoms with E-state index < -0.39 is 0 Å². The summed E-state index contributed by atoms with van der Waals surface area (Å²) in [4.78, 5) is 0. The van der Waals surface area contributed by atoms with Crippen molar-refractivity contribution in [2.24, 2.45) is 0 Å². The molecule has 2 aliphatic carbocycles. The normalized spacial score (nSPS) is 19.2. The van der Waals surface area contributed by atoms with Crippen LogP contribution in [0, 0.1) is 100 Å². The van der Waals surface area contributed by atoms with Crippen LogP contribution in [0.25, 0.3) is 0 Å². The number of ether oxygens (including phenoxy) is 2. The van der Waals surface area contributed by atoms with Crippen LogP contribution in [-0.2, 0) is 9.47 Å². The molecule has 0 amide bonds. The molecule has 11 radical (unpaired) electrons. The van der Waals surface area contributed by atoms with Gasteiger partial charge in [-0.05, 0) is 86.9 Å². The maximum atomic E-state index is 4.83. The van der Waals surface area contributed by atoms with Crippen LogP contribution in [0.5, 0.6) is 0 Å². The van der Waals surface area contributed by atoms with Crippen molar-refractivity contribution in [2.45, 2.75) is 96.9 Å². The summed E-state index contributed by atoms with van der Waals surface area (Å²) in [7, 11) is 0. The molecule has 0 aromatic carbocycles. The fourth-order valence-electron chi connectivity index (χ4n) is 3.22. The van der Waals surface area contributed by atoms with Gasteiger partial charge in [-0.2, -0.15) is 0 Å². The SMILES string of the molecule is CCOCC.CCOCC.C[C]1[C](C)[C](C)[C](C)[C]1C.C[C]1[C](C)[C](C)[C](C)[C]1C.Cl.[Cl-].[Li+].[Pr]. The van der Waals surface area contributed by atoms with Gasteiger partial charge in [0.05, 0.1) is 0 Å². The van der Waals surface area contributed by atoms with E-state index in [4.69, 9.17) is 9.47 Å². The monoisotopic (exact) mass is 637 g/mol. The van der Waals surface area contributed by atoms with E-state index in [2.05, 4.69) is 69.2 Å². The van der Waals surface area contributed by atoms with Crippen LogP contribution in [0.1, 0.15) is 96.9 Å². The Balaban J connectivity index is -0.0000000776. The third-order valence-electron chi connectivity index (χ3n) is 6.44. The van der Waals surface area contributed by atoms with E-state index in [1.165, 1.54) is 59.2 Å². The number of rotatable bonds is 4. The van der Waals surface area contributed by atoms with Crippen LogP contribution < -0.4 is 31.3 Å². The predicted molar refractivity (Wildman–Crippen MR) is 141 cm³/mol. The molecule has 0 aliphatic heterocycles. The molecular weight excluding hydrogens is 587 g/mol. The van der Waals surface area contributed by atoms with E-state index in [0.717, 1.165) is 26.4 Å². The van der Waals surface area contributed by atoms with Gasteiger partial charge in [0, 0.05) is 67.7 Å². The van der Waals surface area contributed by atoms with Crippen molar-refractivity contribution in [1.82, 2.24) is 0 Å². The van der Waals surface area contributed by atoms with Gasteiger partial charge < -0.3 is 21.9 Å². The summed E-state index contributed by atoms with van der Waals surface area (Å²) in [5.41, 5.74) is 0. The second kappa shape index (κ2) is 28.5. The average molecular weight is 638 g/mol. The van der Waals surface area contributed by atoms with E-state index in [1.54, 1.807) is 0 Å². The van der Waals surface area contributed by atoms with E-state index in [9.17, 15) is 0 Å². The zero-order valence-electron chi connectivity index (χ0n) is 25.0. The maximum Gasteiger partial charge on any atom is 1.00 e. The predicted octanol–water partition coefficient (Wildman–Crippen LogP) is 2.46. The van der Waals surface area contributed by atoms with Gasteiger partial charge >= 0.3 is 18.9 Å². The van der Waals surface area contributed by atoms with Crippen LogP contribution in [0.2, 0.25) is 0 Å². The molecule has 2 aliphatic rings. The van der Waals surface area contributed by atoms with Gasteiger partial charge in [-0.3, -0.25) is 0 Å². The first-order chi connectivity index (χ1) is 13.9. The Hall–Kier alpha value is 2.46. The van der Waals surface area contributed by atoms with Gasteiger partial charge in [0.25, 0.3) is 0 Å². The third kappa shape index (κ3) is 17.9. The van der Waals surface area contributed by atoms with Gasteiger partial charge in [0.15, 0.2) is 0 Å². The quantitative estimate of drug-likeness (QED) is 0.441. The molecular formula is C28H51Cl2LiO2Pr. The van der Waals surface area contributed by atoms with E-state index in [-0.39, 0.29) is 85.0 Å². The number of halogens is 2. The molecule has 0 saturated heterocycles. The van der Waals surface area contributed by atoms with E-state index in [0.29, 0.717) is 0 Å². The molecule has 2 fully saturated rings. The Morgan fingerprint density at radius 2 is 0.471 bits per heavy atom. The molecule has 0 N–H and O–H groups in total. The second-order valence-electron chi connectivity index (χ2n) is 7.81. The molecule has 0 unspecified atom stereocenters. The van der Waals surface area contributed by atoms with Gasteiger partial charge in [0.2, 0.25) is 0 Å². The van der Waals surface area contributed by atoms with Gasteiger partial charge in [-0.15, -0.1) is 12.4 Å². The molecule has 6 heteroatoms. The minimum Gasteiger partial charge on any atom is -1.00 e. The molecule has 0 bridgehead atoms. The Kier molecular flexibility index (Phi) is 41.4. The summed E-state index contributed by atoms with van der Waals surface area (Å²) in [5, 5.41) is 0. The van der Waals surface area contributed by atoms with Crippen molar-refractivity contribution < 1.29 is 82.0 Å². The molecule has 2 rings (SSSR count). The molecule has 34 heavy (non-hydrogen) atoms. The van der Waals surface area contributed by atoms with Crippen LogP contribution in [0.3, 0.4) is 0 Å². The Morgan fingerprint density at radius 3 is 0.500 bits per heavy atom. The summed E-state index contributed by atoms with van der Waals surface area (Å²) in [5.74, 6) is 14.7. The Morgan fingerprint density at radius 1 is 0.382 bits per heavy atom. The molecule has 0 spiro atoms. The topological polar surface area (TPSA) is 18.5 Å². The van der Waals surface area contributed by atoms with E-state index in [1.807, 2.05) is 27.7 Å². The van der Waals surface area contributed by atoms with Crippen LogP contribution >= 0.6 is 12.4 Å². The molecule has 2 nitrogen and oxygen atoms in total. The van der Waals surface area contributed by atoms with Crippen molar-refractivity contribution in [1.29, 1.82) is 0 Å². The standard InChI is InChI=1S/2C10H15.2C4H10O.2ClH.Li.Pr/c2*1-6-7(2)9(4)10(5)8(6)3;2*1-3-5-4-2;;;;/h2*1-5H3;2*3-4H2,1-2H3;2*1H;;/q;;;;;;+1;/p-1. The van der Waals surface area contributed by atoms with Crippen LogP contribution in [0.15, 0.2) is 0 Å². The molecule has 0 heterocycles. The summed E-state index contributed by atoms with van der Waals surface area (Å²) in [6.45, 7) is 33.3. The Bertz CT molecular complexity index is 277. The number of hydrogen-bond acceptors (Lipinski definition) is 2. The zero-order valence-corrected chi connectivity index (χ0v) is 30.3. The van der Waals surface area contributed by atoms with Crippen molar-refractivity contribution in [3.8, 4) is 0 Å². The summed E-state index contributed by atoms with van der Waals surface area (Å²) >= 11 is 0. The second-order valence-corrected chi connectivity index (χ2v) is 7.81. The summed E-state index contributed by atoms with van der Waals surface area (Å²) in [6, 6.07) is 0. The number of hydrogen-bond donors (Lipinski definition) is 0. The van der Waals surface area contributed by atoms with Gasteiger partial charge in [0.1, 0.15) is 0 Å². The zero-order chi connectivity index (χ0) is 24.0. The smallest absolute Gasteiger partial charge is 1.00 e. The van der Waals surface area contributed by atoms with Crippen molar-refractivity contribution in [2.75, 3.05) is 26.4 Å². The third-order valence-corrected chi connectivity index (χ3v) is 6.44. The van der Waals surface area contributed by atoms with Crippen molar-refractivity contribution >= 4 is 12.4 Å². The molecule has 0 aromatic rings. The molecule has 0 atom stereocenters. The first-order valence-electron chi connectivity index (χ1n) is 11.5. The minimum absolute atomic E-state index is 0. The van der Waals surface area contributed by atoms with Gasteiger partial charge in [-0.25, -0.2) is 0 Å². The molecule has 0 aromatic heterocycles. The first kappa shape index (κ1) is 49.4. The molecule has 193 valence electrons. The summed E-state index contributed by atoms with van der Waals surface area (Å²) in [6.07, 6.45) is 0. The average Bonchev–Trinajstić information content (AvgIpc) is 3.01. The van der Waals surface area contributed by atoms with Crippen LogP contribution in [0.4, 0.5) is 0 Å². The molecule has 2 saturated carbocycles. The maximum absolute atomic E-state index is 4.83. The fourth-order valence-corrected chi connectivity index (χ4v) is 3.22. The van der Waals surface area contributed by atoms with Crippen LogP contribution in [-0.4, -0.2) is 26.4 Å². The fraction of sp³-hybridized carbons (Fsp3) is 0.643. The first-order valence-corrected chi connectivity index (χ1v) is 11.5. The summed E-state index contributed by atoms with van der Waals surface area (Å²) < 4.78 is 9.67. The van der Waals surface area contributed by atoms with Gasteiger partial charge in [-0.1, -0.05) is 69.2 Å². The largest absolute Gasteiger partial charge is 1.00 e. The Labute approximate surface area is 274 Å². The minimum atomic E-state index is 0. The van der Waals surface area contributed by atoms with E-state index >= 15 is 0 Å². The van der Waals surface area contributed by atoms with Crippen molar-refractivity contribution in [3.05, 3.63) is 59.2 Å².